The van der Waals surface area contributed by atoms with Gasteiger partial charge >= 0.3 is 0 Å². The Kier molecular flexibility index (Phi) is 4.25. The number of methoxy groups -OCH3 is 1. The third kappa shape index (κ3) is 3.24. The summed E-state index contributed by atoms with van der Waals surface area (Å²) in [5.74, 6) is -0.364. The van der Waals surface area contributed by atoms with E-state index in [-0.39, 0.29) is 17.4 Å². The van der Waals surface area contributed by atoms with E-state index in [9.17, 15) is 13.2 Å². The first-order chi connectivity index (χ1) is 9.32. The molecule has 110 valence electrons. The molecule has 1 atom stereocenters. The average molecular weight is 318 g/mol. The minimum Gasteiger partial charge on any atom is -0.495 e. The summed E-state index contributed by atoms with van der Waals surface area (Å²) >= 11 is 5.99. The minimum absolute atomic E-state index is 0.0713. The standard InChI is InChI=1S/C13H16ClNO4S/c1-8-5-11(12(19-2)6-10(8)14)15-13(16)9-3-4-20(17,18)7-9/h5-6,9H,3-4,7H2,1-2H3,(H,15,16)/t9-/m0/s1. The van der Waals surface area contributed by atoms with Crippen LogP contribution in [0.15, 0.2) is 12.1 Å². The highest BCUT2D eigenvalue weighted by atomic mass is 35.5. The quantitative estimate of drug-likeness (QED) is 0.926. The smallest absolute Gasteiger partial charge is 0.228 e. The van der Waals surface area contributed by atoms with Gasteiger partial charge < -0.3 is 10.1 Å². The molecule has 1 saturated heterocycles. The Morgan fingerprint density at radius 1 is 1.45 bits per heavy atom. The van der Waals surface area contributed by atoms with E-state index in [0.717, 1.165) is 5.56 Å². The number of carbonyl (C=O) groups is 1. The van der Waals surface area contributed by atoms with Gasteiger partial charge in [0.1, 0.15) is 5.75 Å². The van der Waals surface area contributed by atoms with Crippen LogP contribution in [0.4, 0.5) is 5.69 Å². The van der Waals surface area contributed by atoms with E-state index in [1.807, 2.05) is 6.92 Å². The first-order valence-corrected chi connectivity index (χ1v) is 8.38. The van der Waals surface area contributed by atoms with Crippen LogP contribution in [0.5, 0.6) is 5.75 Å². The van der Waals surface area contributed by atoms with Crippen molar-refractivity contribution in [3.8, 4) is 5.75 Å². The second-order valence-electron chi connectivity index (χ2n) is 4.89. The Labute approximate surface area is 123 Å². The van der Waals surface area contributed by atoms with Crippen LogP contribution in [0.3, 0.4) is 0 Å². The zero-order chi connectivity index (χ0) is 14.9. The van der Waals surface area contributed by atoms with E-state index >= 15 is 0 Å². The molecule has 0 saturated carbocycles. The van der Waals surface area contributed by atoms with Crippen molar-refractivity contribution in [2.75, 3.05) is 23.9 Å². The van der Waals surface area contributed by atoms with Gasteiger partial charge in [-0.3, -0.25) is 4.79 Å². The maximum Gasteiger partial charge on any atom is 0.228 e. The van der Waals surface area contributed by atoms with Crippen LogP contribution in [0, 0.1) is 12.8 Å². The maximum atomic E-state index is 12.1. The summed E-state index contributed by atoms with van der Waals surface area (Å²) in [6, 6.07) is 3.33. The molecule has 0 bridgehead atoms. The van der Waals surface area contributed by atoms with Crippen molar-refractivity contribution in [3.05, 3.63) is 22.7 Å². The fraction of sp³-hybridized carbons (Fsp3) is 0.462. The zero-order valence-corrected chi connectivity index (χ0v) is 12.8. The number of hydrogen-bond acceptors (Lipinski definition) is 4. The van der Waals surface area contributed by atoms with Crippen molar-refractivity contribution in [3.63, 3.8) is 0 Å². The van der Waals surface area contributed by atoms with E-state index in [0.29, 0.717) is 22.9 Å². The van der Waals surface area contributed by atoms with E-state index in [1.165, 1.54) is 7.11 Å². The lowest BCUT2D eigenvalue weighted by Gasteiger charge is -2.14. The number of hydrogen-bond donors (Lipinski definition) is 1. The molecule has 0 radical (unpaired) electrons. The number of carbonyl (C=O) groups excluding carboxylic acids is 1. The summed E-state index contributed by atoms with van der Waals surface area (Å²) in [5.41, 5.74) is 1.31. The summed E-state index contributed by atoms with van der Waals surface area (Å²) < 4.78 is 28.0. The molecule has 20 heavy (non-hydrogen) atoms. The van der Waals surface area contributed by atoms with Gasteiger partial charge in [-0.25, -0.2) is 8.42 Å². The number of amides is 1. The maximum absolute atomic E-state index is 12.1. The predicted molar refractivity (Wildman–Crippen MR) is 78.1 cm³/mol. The lowest BCUT2D eigenvalue weighted by molar-refractivity contribution is -0.119. The summed E-state index contributed by atoms with van der Waals surface area (Å²) in [6.45, 7) is 1.82. The van der Waals surface area contributed by atoms with Crippen LogP contribution in [0.25, 0.3) is 0 Å². The molecular weight excluding hydrogens is 302 g/mol. The van der Waals surface area contributed by atoms with Gasteiger partial charge in [-0.2, -0.15) is 0 Å². The van der Waals surface area contributed by atoms with Crippen molar-refractivity contribution in [1.82, 2.24) is 0 Å². The van der Waals surface area contributed by atoms with Gasteiger partial charge in [-0.15, -0.1) is 0 Å². The molecule has 7 heteroatoms. The van der Waals surface area contributed by atoms with Crippen LogP contribution in [0.2, 0.25) is 5.02 Å². The highest BCUT2D eigenvalue weighted by Gasteiger charge is 2.33. The molecule has 2 rings (SSSR count). The van der Waals surface area contributed by atoms with Crippen molar-refractivity contribution in [1.29, 1.82) is 0 Å². The Morgan fingerprint density at radius 2 is 2.15 bits per heavy atom. The minimum atomic E-state index is -3.08. The lowest BCUT2D eigenvalue weighted by atomic mass is 10.1. The Morgan fingerprint density at radius 3 is 2.70 bits per heavy atom. The number of benzene rings is 1. The number of rotatable bonds is 3. The number of halogens is 1. The van der Waals surface area contributed by atoms with Gasteiger partial charge in [0.15, 0.2) is 9.84 Å². The van der Waals surface area contributed by atoms with Crippen LogP contribution in [-0.2, 0) is 14.6 Å². The molecule has 1 fully saturated rings. The number of aryl methyl sites for hydroxylation is 1. The molecule has 1 aliphatic heterocycles. The number of nitrogens with one attached hydrogen (secondary N) is 1. The van der Waals surface area contributed by atoms with Crippen LogP contribution in [-0.4, -0.2) is 32.9 Å². The second-order valence-corrected chi connectivity index (χ2v) is 7.53. The SMILES string of the molecule is COc1cc(Cl)c(C)cc1NC(=O)[C@H]1CCS(=O)(=O)C1. The average Bonchev–Trinajstić information content (AvgIpc) is 2.74. The van der Waals surface area contributed by atoms with Gasteiger partial charge in [0.25, 0.3) is 0 Å². The first-order valence-electron chi connectivity index (χ1n) is 6.18. The molecule has 1 heterocycles. The molecule has 5 nitrogen and oxygen atoms in total. The molecule has 0 aromatic heterocycles. The predicted octanol–water partition coefficient (Wildman–Crippen LogP) is 2.03. The topological polar surface area (TPSA) is 72.5 Å². The van der Waals surface area contributed by atoms with Crippen LogP contribution in [0.1, 0.15) is 12.0 Å². The largest absolute Gasteiger partial charge is 0.495 e. The summed E-state index contributed by atoms with van der Waals surface area (Å²) in [6.07, 6.45) is 0.364. The highest BCUT2D eigenvalue weighted by Crippen LogP contribution is 2.32. The molecule has 1 N–H and O–H groups in total. The van der Waals surface area contributed by atoms with Crippen molar-refractivity contribution in [2.45, 2.75) is 13.3 Å². The van der Waals surface area contributed by atoms with Gasteiger partial charge in [-0.05, 0) is 25.0 Å². The van der Waals surface area contributed by atoms with E-state index in [4.69, 9.17) is 16.3 Å². The van der Waals surface area contributed by atoms with Crippen molar-refractivity contribution in [2.24, 2.45) is 5.92 Å². The highest BCUT2D eigenvalue weighted by molar-refractivity contribution is 7.91. The first kappa shape index (κ1) is 15.1. The monoisotopic (exact) mass is 317 g/mol. The van der Waals surface area contributed by atoms with Gasteiger partial charge in [0.2, 0.25) is 5.91 Å². The second kappa shape index (κ2) is 5.61. The van der Waals surface area contributed by atoms with E-state index < -0.39 is 15.8 Å². The summed E-state index contributed by atoms with van der Waals surface area (Å²) in [5, 5.41) is 3.27. The van der Waals surface area contributed by atoms with Gasteiger partial charge in [0.05, 0.1) is 30.2 Å². The molecule has 1 aromatic carbocycles. The molecule has 0 aliphatic carbocycles. The van der Waals surface area contributed by atoms with Crippen LogP contribution < -0.4 is 10.1 Å². The number of ether oxygens (including phenoxy) is 1. The molecule has 1 aliphatic rings. The lowest BCUT2D eigenvalue weighted by Crippen LogP contribution is -2.24. The summed E-state index contributed by atoms with van der Waals surface area (Å²) in [4.78, 5) is 12.1. The fourth-order valence-electron chi connectivity index (χ4n) is 2.17. The van der Waals surface area contributed by atoms with E-state index in [1.54, 1.807) is 12.1 Å². The van der Waals surface area contributed by atoms with E-state index in [2.05, 4.69) is 5.32 Å². The number of anilines is 1. The third-order valence-corrected chi connectivity index (χ3v) is 5.52. The Hall–Kier alpha value is -1.27. The summed E-state index contributed by atoms with van der Waals surface area (Å²) in [7, 11) is -1.59. The van der Waals surface area contributed by atoms with Crippen molar-refractivity contribution >= 4 is 33.0 Å². The molecular formula is C13H16ClNO4S. The molecule has 1 amide bonds. The molecule has 0 unspecified atom stereocenters. The Bertz CT molecular complexity index is 642. The van der Waals surface area contributed by atoms with Gasteiger partial charge in [0, 0.05) is 11.1 Å². The van der Waals surface area contributed by atoms with Crippen molar-refractivity contribution < 1.29 is 17.9 Å². The number of sulfone groups is 1. The third-order valence-electron chi connectivity index (χ3n) is 3.34. The molecule has 0 spiro atoms. The van der Waals surface area contributed by atoms with Gasteiger partial charge in [-0.1, -0.05) is 11.6 Å². The normalized spacial score (nSPS) is 20.6. The zero-order valence-electron chi connectivity index (χ0n) is 11.3. The fourth-order valence-corrected chi connectivity index (χ4v) is 4.06. The molecule has 1 aromatic rings. The van der Waals surface area contributed by atoms with Crippen LogP contribution >= 0.6 is 11.6 Å². The Balaban J connectivity index is 2.18.